The van der Waals surface area contributed by atoms with Gasteiger partial charge in [-0.15, -0.1) is 4.90 Å². The monoisotopic (exact) mass is 444 g/mol. The average molecular weight is 444 g/mol. The van der Waals surface area contributed by atoms with Crippen molar-refractivity contribution in [2.24, 2.45) is 5.92 Å². The van der Waals surface area contributed by atoms with E-state index in [0.717, 1.165) is 4.90 Å². The SMILES string of the molecule is COc1cc(N2C(=O)C3C=CC=CC3=[N+](Cc3ccccc3C#N)C2=O)cc(OC)c1OC. The van der Waals surface area contributed by atoms with Crippen LogP contribution in [-0.4, -0.2) is 43.6 Å². The van der Waals surface area contributed by atoms with Crippen LogP contribution >= 0.6 is 0 Å². The minimum atomic E-state index is -0.652. The molecule has 0 aromatic heterocycles. The Labute approximate surface area is 191 Å². The smallest absolute Gasteiger partial charge is 0.493 e. The Kier molecular flexibility index (Phi) is 5.96. The van der Waals surface area contributed by atoms with Gasteiger partial charge in [-0.3, -0.25) is 0 Å². The van der Waals surface area contributed by atoms with Crippen molar-refractivity contribution in [3.05, 3.63) is 71.8 Å². The predicted octanol–water partition coefficient (Wildman–Crippen LogP) is 3.45. The van der Waals surface area contributed by atoms with Gasteiger partial charge in [0, 0.05) is 17.7 Å². The molecule has 8 heteroatoms. The summed E-state index contributed by atoms with van der Waals surface area (Å²) >= 11 is 0. The zero-order valence-electron chi connectivity index (χ0n) is 18.4. The normalized spacial score (nSPS) is 17.0. The summed E-state index contributed by atoms with van der Waals surface area (Å²) in [5.41, 5.74) is 2.00. The summed E-state index contributed by atoms with van der Waals surface area (Å²) in [6.45, 7) is 0.140. The maximum absolute atomic E-state index is 13.7. The number of urea groups is 1. The van der Waals surface area contributed by atoms with Crippen molar-refractivity contribution in [2.75, 3.05) is 26.2 Å². The molecule has 0 radical (unpaired) electrons. The first kappa shape index (κ1) is 21.8. The molecule has 2 aromatic rings. The number of anilines is 1. The highest BCUT2D eigenvalue weighted by molar-refractivity contribution is 6.26. The van der Waals surface area contributed by atoms with Crippen LogP contribution in [-0.2, 0) is 11.3 Å². The second-order valence-corrected chi connectivity index (χ2v) is 7.34. The van der Waals surface area contributed by atoms with Crippen LogP contribution < -0.4 is 19.1 Å². The van der Waals surface area contributed by atoms with Crippen molar-refractivity contribution in [2.45, 2.75) is 6.54 Å². The zero-order chi connectivity index (χ0) is 23.5. The number of carbonyl (C=O) groups is 2. The standard InChI is InChI=1S/C25H22N3O5/c1-31-21-12-18(13-22(32-2)23(21)33-3)28-24(29)19-10-6-7-11-20(19)27(25(28)30)15-17-9-5-4-8-16(17)14-26/h4-13,19H,15H2,1-3H3/q+1. The van der Waals surface area contributed by atoms with E-state index in [1.807, 2.05) is 6.07 Å². The van der Waals surface area contributed by atoms with Gasteiger partial charge in [-0.1, -0.05) is 36.4 Å². The summed E-state index contributed by atoms with van der Waals surface area (Å²) < 4.78 is 17.7. The van der Waals surface area contributed by atoms with Crippen molar-refractivity contribution in [3.63, 3.8) is 0 Å². The maximum atomic E-state index is 13.7. The number of hydrogen-bond acceptors (Lipinski definition) is 6. The van der Waals surface area contributed by atoms with E-state index >= 15 is 0 Å². The minimum Gasteiger partial charge on any atom is -0.493 e. The average Bonchev–Trinajstić information content (AvgIpc) is 2.86. The molecule has 1 heterocycles. The number of nitriles is 1. The van der Waals surface area contributed by atoms with Gasteiger partial charge in [-0.2, -0.15) is 14.6 Å². The fourth-order valence-electron chi connectivity index (χ4n) is 3.99. The Morgan fingerprint density at radius 2 is 1.73 bits per heavy atom. The molecule has 0 bridgehead atoms. The molecule has 0 fully saturated rings. The van der Waals surface area contributed by atoms with Gasteiger partial charge in [0.15, 0.2) is 11.5 Å². The number of benzene rings is 2. The van der Waals surface area contributed by atoms with E-state index in [9.17, 15) is 14.9 Å². The lowest BCUT2D eigenvalue weighted by atomic mass is 9.94. The van der Waals surface area contributed by atoms with E-state index in [4.69, 9.17) is 14.2 Å². The van der Waals surface area contributed by atoms with Gasteiger partial charge in [0.05, 0.1) is 33.0 Å². The van der Waals surface area contributed by atoms with Crippen molar-refractivity contribution in [1.29, 1.82) is 5.26 Å². The molecule has 2 aliphatic rings. The molecule has 1 aliphatic heterocycles. The van der Waals surface area contributed by atoms with Crippen molar-refractivity contribution >= 4 is 23.3 Å². The van der Waals surface area contributed by atoms with E-state index in [2.05, 4.69) is 6.07 Å². The molecule has 1 atom stereocenters. The third-order valence-electron chi connectivity index (χ3n) is 5.59. The van der Waals surface area contributed by atoms with Crippen molar-refractivity contribution < 1.29 is 28.4 Å². The van der Waals surface area contributed by atoms with Gasteiger partial charge in [-0.05, 0) is 12.1 Å². The molecular weight excluding hydrogens is 422 g/mol. The van der Waals surface area contributed by atoms with E-state index in [-0.39, 0.29) is 6.54 Å². The summed E-state index contributed by atoms with van der Waals surface area (Å²) in [4.78, 5) is 28.3. The highest BCUT2D eigenvalue weighted by Crippen LogP contribution is 2.42. The van der Waals surface area contributed by atoms with E-state index in [1.165, 1.54) is 25.9 Å². The predicted molar refractivity (Wildman–Crippen MR) is 121 cm³/mol. The van der Waals surface area contributed by atoms with Crippen LogP contribution in [0.25, 0.3) is 0 Å². The summed E-state index contributed by atoms with van der Waals surface area (Å²) in [6.07, 6.45) is 7.06. The third kappa shape index (κ3) is 3.74. The number of rotatable bonds is 6. The van der Waals surface area contributed by atoms with Crippen LogP contribution in [0.4, 0.5) is 10.5 Å². The lowest BCUT2D eigenvalue weighted by molar-refractivity contribution is -0.445. The van der Waals surface area contributed by atoms with Gasteiger partial charge < -0.3 is 14.2 Å². The highest BCUT2D eigenvalue weighted by Gasteiger charge is 2.48. The maximum Gasteiger partial charge on any atom is 0.506 e. The number of allylic oxidation sites excluding steroid dienone is 3. The first-order chi connectivity index (χ1) is 16.0. The van der Waals surface area contributed by atoms with Crippen LogP contribution in [0.5, 0.6) is 17.2 Å². The number of methoxy groups -OCH3 is 3. The quantitative estimate of drug-likeness (QED) is 0.634. The molecule has 2 aromatic carbocycles. The summed E-state index contributed by atoms with van der Waals surface area (Å²) in [5.74, 6) is -0.0469. The molecule has 33 heavy (non-hydrogen) atoms. The Balaban J connectivity index is 1.86. The van der Waals surface area contributed by atoms with Gasteiger partial charge in [0.2, 0.25) is 5.75 Å². The second kappa shape index (κ2) is 9.01. The lowest BCUT2D eigenvalue weighted by Gasteiger charge is -2.27. The summed E-state index contributed by atoms with van der Waals surface area (Å²) in [6, 6.07) is 11.8. The van der Waals surface area contributed by atoms with Crippen LogP contribution in [0.1, 0.15) is 11.1 Å². The lowest BCUT2D eigenvalue weighted by Crippen LogP contribution is -2.54. The molecular formula is C25H22N3O5+. The second-order valence-electron chi connectivity index (χ2n) is 7.34. The van der Waals surface area contributed by atoms with E-state index in [1.54, 1.807) is 54.6 Å². The van der Waals surface area contributed by atoms with Crippen LogP contribution in [0.3, 0.4) is 0 Å². The molecule has 8 nitrogen and oxygen atoms in total. The molecule has 3 amide bonds. The minimum absolute atomic E-state index is 0.140. The van der Waals surface area contributed by atoms with E-state index < -0.39 is 17.9 Å². The fraction of sp³-hybridized carbons (Fsp3) is 0.200. The number of imide groups is 1. The third-order valence-corrected chi connectivity index (χ3v) is 5.59. The molecule has 4 rings (SSSR count). The Bertz CT molecular complexity index is 1240. The van der Waals surface area contributed by atoms with Crippen LogP contribution in [0, 0.1) is 17.2 Å². The molecule has 1 unspecified atom stereocenters. The number of hydrogen-bond donors (Lipinski definition) is 0. The first-order valence-corrected chi connectivity index (χ1v) is 10.2. The Morgan fingerprint density at radius 1 is 1.03 bits per heavy atom. The highest BCUT2D eigenvalue weighted by atomic mass is 16.5. The van der Waals surface area contributed by atoms with E-state index in [0.29, 0.717) is 39.8 Å². The van der Waals surface area contributed by atoms with Gasteiger partial charge in [0.1, 0.15) is 23.9 Å². The molecule has 0 spiro atoms. The van der Waals surface area contributed by atoms with Gasteiger partial charge >= 0.3 is 11.9 Å². The fourth-order valence-corrected chi connectivity index (χ4v) is 3.99. The number of ether oxygens (including phenoxy) is 3. The van der Waals surface area contributed by atoms with Gasteiger partial charge in [-0.25, -0.2) is 4.79 Å². The Hall–Kier alpha value is -4.38. The summed E-state index contributed by atoms with van der Waals surface area (Å²) in [7, 11) is 4.41. The molecule has 166 valence electrons. The zero-order valence-corrected chi connectivity index (χ0v) is 18.4. The first-order valence-electron chi connectivity index (χ1n) is 10.2. The largest absolute Gasteiger partial charge is 0.506 e. The van der Waals surface area contributed by atoms with Gasteiger partial charge in [0.25, 0.3) is 0 Å². The topological polar surface area (TPSA) is 91.9 Å². The summed E-state index contributed by atoms with van der Waals surface area (Å²) in [5, 5.41) is 9.49. The molecule has 0 saturated heterocycles. The number of amides is 3. The van der Waals surface area contributed by atoms with Crippen molar-refractivity contribution in [3.8, 4) is 23.3 Å². The molecule has 1 aliphatic carbocycles. The number of carbonyl (C=O) groups excluding carboxylic acids is 2. The molecule has 0 N–H and O–H groups in total. The molecule has 0 saturated carbocycles. The Morgan fingerprint density at radius 3 is 2.36 bits per heavy atom. The number of fused-ring (bicyclic) bond motifs is 1. The van der Waals surface area contributed by atoms with Crippen LogP contribution in [0.2, 0.25) is 0 Å². The van der Waals surface area contributed by atoms with Crippen molar-refractivity contribution in [1.82, 2.24) is 0 Å². The van der Waals surface area contributed by atoms with Crippen LogP contribution in [0.15, 0.2) is 60.7 Å². The number of nitrogens with zero attached hydrogens (tertiary/aromatic N) is 3.